The maximum Gasteiger partial charge on any atom is 0.258 e. The summed E-state index contributed by atoms with van der Waals surface area (Å²) >= 11 is 0. The van der Waals surface area contributed by atoms with Crippen molar-refractivity contribution in [2.75, 3.05) is 32.8 Å². The van der Waals surface area contributed by atoms with E-state index in [9.17, 15) is 4.79 Å². The molecule has 6 heteroatoms. The number of anilines is 1. The van der Waals surface area contributed by atoms with E-state index >= 15 is 0 Å². The molecule has 25 heavy (non-hydrogen) atoms. The summed E-state index contributed by atoms with van der Waals surface area (Å²) in [5.74, 6) is 1.89. The molecule has 1 aliphatic rings. The Morgan fingerprint density at radius 2 is 1.72 bits per heavy atom. The number of fused-ring (bicyclic) bond motifs is 1. The second-order valence-corrected chi connectivity index (χ2v) is 5.73. The smallest absolute Gasteiger partial charge is 0.258 e. The van der Waals surface area contributed by atoms with Crippen LogP contribution >= 0.6 is 0 Å². The molecule has 0 N–H and O–H groups in total. The van der Waals surface area contributed by atoms with Gasteiger partial charge in [-0.15, -0.1) is 0 Å². The van der Waals surface area contributed by atoms with Crippen LogP contribution < -0.4 is 23.8 Å². The van der Waals surface area contributed by atoms with Crippen LogP contribution in [0.5, 0.6) is 23.0 Å². The van der Waals surface area contributed by atoms with Crippen molar-refractivity contribution in [1.82, 2.24) is 0 Å². The monoisotopic (exact) mass is 343 g/mol. The van der Waals surface area contributed by atoms with Gasteiger partial charge in [0.1, 0.15) is 11.9 Å². The number of para-hydroxylation sites is 2. The molecule has 1 aliphatic heterocycles. The Labute approximate surface area is 146 Å². The highest BCUT2D eigenvalue weighted by molar-refractivity contribution is 6.08. The fraction of sp³-hybridized carbons (Fsp3) is 0.316. The first-order chi connectivity index (χ1) is 12.1. The maximum atomic E-state index is 13.2. The number of hydrogen-bond donors (Lipinski definition) is 0. The number of benzene rings is 2. The minimum atomic E-state index is -0.151. The molecule has 0 spiro atoms. The lowest BCUT2D eigenvalue weighted by Crippen LogP contribution is -2.42. The number of nitrogens with zero attached hydrogens (tertiary/aromatic N) is 1. The first-order valence-corrected chi connectivity index (χ1v) is 7.96. The average Bonchev–Trinajstić information content (AvgIpc) is 2.65. The number of methoxy groups -OCH3 is 3. The normalized spacial score (nSPS) is 15.8. The van der Waals surface area contributed by atoms with E-state index in [2.05, 4.69) is 0 Å². The first-order valence-electron chi connectivity index (χ1n) is 7.96. The van der Waals surface area contributed by atoms with Crippen LogP contribution in [0.2, 0.25) is 0 Å². The Morgan fingerprint density at radius 1 is 1.08 bits per heavy atom. The highest BCUT2D eigenvalue weighted by atomic mass is 16.5. The molecule has 2 aromatic rings. The standard InChI is InChI=1S/C19H21NO5/c1-12-11-20(14-7-5-6-8-15(14)25-12)19(21)13-9-16(22-2)18(24-4)17(10-13)23-3/h5-10,12H,11H2,1-4H3/t12-/m0/s1. The number of rotatable bonds is 4. The summed E-state index contributed by atoms with van der Waals surface area (Å²) in [5, 5.41) is 0. The van der Waals surface area contributed by atoms with Crippen molar-refractivity contribution in [1.29, 1.82) is 0 Å². The molecule has 1 atom stereocenters. The van der Waals surface area contributed by atoms with Gasteiger partial charge in [0.05, 0.1) is 33.6 Å². The van der Waals surface area contributed by atoms with Gasteiger partial charge in [-0.25, -0.2) is 0 Å². The van der Waals surface area contributed by atoms with Crippen molar-refractivity contribution in [3.05, 3.63) is 42.0 Å². The second kappa shape index (κ2) is 6.93. The minimum absolute atomic E-state index is 0.0964. The van der Waals surface area contributed by atoms with Crippen LogP contribution in [-0.2, 0) is 0 Å². The number of amides is 1. The third-order valence-corrected chi connectivity index (χ3v) is 4.08. The molecule has 0 saturated heterocycles. The molecule has 0 radical (unpaired) electrons. The van der Waals surface area contributed by atoms with Gasteiger partial charge in [-0.2, -0.15) is 0 Å². The van der Waals surface area contributed by atoms with E-state index in [1.54, 1.807) is 17.0 Å². The minimum Gasteiger partial charge on any atom is -0.493 e. The van der Waals surface area contributed by atoms with Crippen molar-refractivity contribution in [3.63, 3.8) is 0 Å². The van der Waals surface area contributed by atoms with Crippen LogP contribution in [0, 0.1) is 0 Å². The van der Waals surface area contributed by atoms with E-state index in [-0.39, 0.29) is 12.0 Å². The van der Waals surface area contributed by atoms with E-state index in [0.29, 0.717) is 35.1 Å². The van der Waals surface area contributed by atoms with Crippen LogP contribution in [-0.4, -0.2) is 39.9 Å². The van der Waals surface area contributed by atoms with Gasteiger partial charge in [0, 0.05) is 5.56 Å². The Kier molecular flexibility index (Phi) is 4.70. The Hall–Kier alpha value is -2.89. The van der Waals surface area contributed by atoms with Gasteiger partial charge in [0.2, 0.25) is 5.75 Å². The fourth-order valence-electron chi connectivity index (χ4n) is 2.94. The number of ether oxygens (including phenoxy) is 4. The fourth-order valence-corrected chi connectivity index (χ4v) is 2.94. The summed E-state index contributed by atoms with van der Waals surface area (Å²) in [6, 6.07) is 10.8. The lowest BCUT2D eigenvalue weighted by Gasteiger charge is -2.33. The third-order valence-electron chi connectivity index (χ3n) is 4.08. The van der Waals surface area contributed by atoms with E-state index in [1.165, 1.54) is 21.3 Å². The molecule has 3 rings (SSSR count). The molecule has 132 valence electrons. The molecular formula is C19H21NO5. The molecule has 1 amide bonds. The third kappa shape index (κ3) is 3.07. The van der Waals surface area contributed by atoms with Gasteiger partial charge >= 0.3 is 0 Å². The van der Waals surface area contributed by atoms with E-state index in [0.717, 1.165) is 5.69 Å². The van der Waals surface area contributed by atoms with Gasteiger partial charge in [0.25, 0.3) is 5.91 Å². The van der Waals surface area contributed by atoms with Gasteiger partial charge < -0.3 is 23.8 Å². The number of carbonyl (C=O) groups excluding carboxylic acids is 1. The number of hydrogen-bond acceptors (Lipinski definition) is 5. The van der Waals surface area contributed by atoms with Crippen molar-refractivity contribution >= 4 is 11.6 Å². The molecule has 2 aromatic carbocycles. The van der Waals surface area contributed by atoms with Gasteiger partial charge in [-0.3, -0.25) is 4.79 Å². The molecule has 6 nitrogen and oxygen atoms in total. The Morgan fingerprint density at radius 3 is 2.32 bits per heavy atom. The SMILES string of the molecule is COc1cc(C(=O)N2C[C@H](C)Oc3ccccc32)cc(OC)c1OC. The van der Waals surface area contributed by atoms with Crippen LogP contribution in [0.25, 0.3) is 0 Å². The predicted octanol–water partition coefficient (Wildman–Crippen LogP) is 3.14. The summed E-state index contributed by atoms with van der Waals surface area (Å²) in [4.78, 5) is 14.9. The zero-order chi connectivity index (χ0) is 18.0. The van der Waals surface area contributed by atoms with E-state index in [1.807, 2.05) is 31.2 Å². The van der Waals surface area contributed by atoms with Crippen molar-refractivity contribution in [3.8, 4) is 23.0 Å². The Bertz CT molecular complexity index is 764. The van der Waals surface area contributed by atoms with Crippen LogP contribution in [0.15, 0.2) is 36.4 Å². The molecule has 0 saturated carbocycles. The van der Waals surface area contributed by atoms with Crippen molar-refractivity contribution in [2.24, 2.45) is 0 Å². The molecule has 0 aromatic heterocycles. The zero-order valence-electron chi connectivity index (χ0n) is 14.7. The summed E-state index contributed by atoms with van der Waals surface area (Å²) in [6.07, 6.45) is -0.0964. The molecule has 0 unspecified atom stereocenters. The summed E-state index contributed by atoms with van der Waals surface area (Å²) in [5.41, 5.74) is 1.21. The summed E-state index contributed by atoms with van der Waals surface area (Å²) in [6.45, 7) is 2.40. The lowest BCUT2D eigenvalue weighted by atomic mass is 10.1. The van der Waals surface area contributed by atoms with Gasteiger partial charge in [0.15, 0.2) is 11.5 Å². The van der Waals surface area contributed by atoms with E-state index in [4.69, 9.17) is 18.9 Å². The molecule has 0 bridgehead atoms. The maximum absolute atomic E-state index is 13.2. The van der Waals surface area contributed by atoms with E-state index < -0.39 is 0 Å². The van der Waals surface area contributed by atoms with Crippen LogP contribution in [0.3, 0.4) is 0 Å². The number of carbonyl (C=O) groups is 1. The highest BCUT2D eigenvalue weighted by Gasteiger charge is 2.29. The molecule has 1 heterocycles. The molecular weight excluding hydrogens is 322 g/mol. The summed E-state index contributed by atoms with van der Waals surface area (Å²) < 4.78 is 21.8. The van der Waals surface area contributed by atoms with Crippen LogP contribution in [0.4, 0.5) is 5.69 Å². The second-order valence-electron chi connectivity index (χ2n) is 5.73. The summed E-state index contributed by atoms with van der Waals surface area (Å²) in [7, 11) is 4.58. The quantitative estimate of drug-likeness (QED) is 0.854. The lowest BCUT2D eigenvalue weighted by molar-refractivity contribution is 0.0960. The zero-order valence-corrected chi connectivity index (χ0v) is 14.7. The van der Waals surface area contributed by atoms with Crippen molar-refractivity contribution < 1.29 is 23.7 Å². The predicted molar refractivity (Wildman–Crippen MR) is 94.3 cm³/mol. The van der Waals surface area contributed by atoms with Gasteiger partial charge in [-0.05, 0) is 31.2 Å². The van der Waals surface area contributed by atoms with Crippen LogP contribution in [0.1, 0.15) is 17.3 Å². The first kappa shape index (κ1) is 17.0. The van der Waals surface area contributed by atoms with Gasteiger partial charge in [-0.1, -0.05) is 12.1 Å². The Balaban J connectivity index is 2.04. The topological polar surface area (TPSA) is 57.2 Å². The highest BCUT2D eigenvalue weighted by Crippen LogP contribution is 2.40. The largest absolute Gasteiger partial charge is 0.493 e. The molecule has 0 aliphatic carbocycles. The van der Waals surface area contributed by atoms with Crippen molar-refractivity contribution in [2.45, 2.75) is 13.0 Å². The average molecular weight is 343 g/mol. The molecule has 0 fully saturated rings.